The first kappa shape index (κ1) is 18.5. The quantitative estimate of drug-likeness (QED) is 0.816. The molecule has 1 heterocycles. The van der Waals surface area contributed by atoms with Gasteiger partial charge in [-0.05, 0) is 42.9 Å². The highest BCUT2D eigenvalue weighted by Crippen LogP contribution is 2.22. The van der Waals surface area contributed by atoms with E-state index < -0.39 is 0 Å². The van der Waals surface area contributed by atoms with Gasteiger partial charge in [-0.1, -0.05) is 36.4 Å². The van der Waals surface area contributed by atoms with E-state index >= 15 is 0 Å². The number of nitrogens with zero attached hydrogens (tertiary/aromatic N) is 1. The molecular formula is C21H24N2O2S. The van der Waals surface area contributed by atoms with E-state index in [1.54, 1.807) is 11.8 Å². The van der Waals surface area contributed by atoms with Crippen molar-refractivity contribution in [2.45, 2.75) is 24.2 Å². The zero-order valence-corrected chi connectivity index (χ0v) is 15.8. The number of carbonyl (C=O) groups is 2. The molecule has 0 saturated carbocycles. The highest BCUT2D eigenvalue weighted by Gasteiger charge is 2.27. The first-order valence-corrected chi connectivity index (χ1v) is 10.1. The molecule has 4 nitrogen and oxygen atoms in total. The summed E-state index contributed by atoms with van der Waals surface area (Å²) in [6, 6.07) is 17.7. The van der Waals surface area contributed by atoms with Crippen molar-refractivity contribution in [3.63, 3.8) is 0 Å². The highest BCUT2D eigenvalue weighted by atomic mass is 32.2. The number of likely N-dealkylation sites (tertiary alicyclic amines) is 1. The monoisotopic (exact) mass is 368 g/mol. The largest absolute Gasteiger partial charge is 0.342 e. The van der Waals surface area contributed by atoms with E-state index in [4.69, 9.17) is 0 Å². The van der Waals surface area contributed by atoms with E-state index in [0.29, 0.717) is 32.4 Å². The number of piperidine rings is 1. The molecule has 0 unspecified atom stereocenters. The fourth-order valence-electron chi connectivity index (χ4n) is 3.22. The topological polar surface area (TPSA) is 49.4 Å². The van der Waals surface area contributed by atoms with Crippen molar-refractivity contribution in [2.24, 2.45) is 5.92 Å². The van der Waals surface area contributed by atoms with E-state index in [0.717, 1.165) is 16.1 Å². The second-order valence-electron chi connectivity index (χ2n) is 6.54. The number of anilines is 1. The molecule has 5 heteroatoms. The Bertz CT molecular complexity index is 756. The minimum atomic E-state index is -0.0336. The van der Waals surface area contributed by atoms with E-state index in [2.05, 4.69) is 5.32 Å². The Morgan fingerprint density at radius 3 is 2.50 bits per heavy atom. The van der Waals surface area contributed by atoms with Gasteiger partial charge >= 0.3 is 0 Å². The van der Waals surface area contributed by atoms with Crippen LogP contribution in [0.25, 0.3) is 0 Å². The Morgan fingerprint density at radius 1 is 1.08 bits per heavy atom. The van der Waals surface area contributed by atoms with Crippen molar-refractivity contribution < 1.29 is 9.59 Å². The van der Waals surface area contributed by atoms with Crippen LogP contribution in [0.4, 0.5) is 5.69 Å². The maximum atomic E-state index is 12.5. The molecule has 0 aliphatic carbocycles. The third-order valence-electron chi connectivity index (χ3n) is 4.75. The SMILES string of the molecule is CSc1cccc(NC(=O)C2CCN(C(=O)Cc3ccccc3)CC2)c1. The summed E-state index contributed by atoms with van der Waals surface area (Å²) in [5, 5.41) is 3.01. The first-order chi connectivity index (χ1) is 12.7. The molecule has 0 spiro atoms. The van der Waals surface area contributed by atoms with Crippen LogP contribution in [0, 0.1) is 5.92 Å². The molecule has 1 aliphatic rings. The van der Waals surface area contributed by atoms with Gasteiger partial charge in [0.15, 0.2) is 0 Å². The number of hydrogen-bond donors (Lipinski definition) is 1. The number of nitrogens with one attached hydrogen (secondary N) is 1. The van der Waals surface area contributed by atoms with Crippen LogP contribution in [-0.2, 0) is 16.0 Å². The van der Waals surface area contributed by atoms with Crippen LogP contribution in [0.5, 0.6) is 0 Å². The molecule has 136 valence electrons. The van der Waals surface area contributed by atoms with Crippen molar-refractivity contribution in [1.82, 2.24) is 4.90 Å². The van der Waals surface area contributed by atoms with Crippen LogP contribution < -0.4 is 5.32 Å². The standard InChI is InChI=1S/C21H24N2O2S/c1-26-19-9-5-8-18(15-19)22-21(25)17-10-12-23(13-11-17)20(24)14-16-6-3-2-4-7-16/h2-9,15,17H,10-14H2,1H3,(H,22,25). The van der Waals surface area contributed by atoms with Crippen molar-refractivity contribution in [3.8, 4) is 0 Å². The zero-order valence-electron chi connectivity index (χ0n) is 15.0. The third-order valence-corrected chi connectivity index (χ3v) is 5.48. The lowest BCUT2D eigenvalue weighted by Crippen LogP contribution is -2.42. The second-order valence-corrected chi connectivity index (χ2v) is 7.42. The number of hydrogen-bond acceptors (Lipinski definition) is 3. The number of rotatable bonds is 5. The van der Waals surface area contributed by atoms with Gasteiger partial charge in [-0.2, -0.15) is 0 Å². The summed E-state index contributed by atoms with van der Waals surface area (Å²) in [6.07, 6.45) is 3.88. The maximum absolute atomic E-state index is 12.5. The smallest absolute Gasteiger partial charge is 0.227 e. The maximum Gasteiger partial charge on any atom is 0.227 e. The van der Waals surface area contributed by atoms with Crippen LogP contribution >= 0.6 is 11.8 Å². The van der Waals surface area contributed by atoms with Gasteiger partial charge in [0, 0.05) is 29.6 Å². The number of amides is 2. The van der Waals surface area contributed by atoms with Gasteiger partial charge in [0.2, 0.25) is 11.8 Å². The van der Waals surface area contributed by atoms with Crippen LogP contribution in [0.3, 0.4) is 0 Å². The lowest BCUT2D eigenvalue weighted by Gasteiger charge is -2.31. The predicted octanol–water partition coefficient (Wildman–Crippen LogP) is 3.83. The zero-order chi connectivity index (χ0) is 18.4. The molecule has 1 N–H and O–H groups in total. The molecule has 0 bridgehead atoms. The Hall–Kier alpha value is -2.27. The van der Waals surface area contributed by atoms with Gasteiger partial charge < -0.3 is 10.2 Å². The van der Waals surface area contributed by atoms with Gasteiger partial charge in [-0.3, -0.25) is 9.59 Å². The fraction of sp³-hybridized carbons (Fsp3) is 0.333. The van der Waals surface area contributed by atoms with E-state index in [9.17, 15) is 9.59 Å². The van der Waals surface area contributed by atoms with Crippen molar-refractivity contribution in [3.05, 3.63) is 60.2 Å². The van der Waals surface area contributed by atoms with Gasteiger partial charge in [0.05, 0.1) is 6.42 Å². The number of benzene rings is 2. The summed E-state index contributed by atoms with van der Waals surface area (Å²) in [5.74, 6) is 0.162. The molecule has 0 aromatic heterocycles. The van der Waals surface area contributed by atoms with E-state index in [1.807, 2.05) is 65.8 Å². The van der Waals surface area contributed by atoms with E-state index in [-0.39, 0.29) is 17.7 Å². The summed E-state index contributed by atoms with van der Waals surface area (Å²) in [5.41, 5.74) is 1.87. The van der Waals surface area contributed by atoms with E-state index in [1.165, 1.54) is 0 Å². The van der Waals surface area contributed by atoms with Crippen molar-refractivity contribution in [2.75, 3.05) is 24.7 Å². The van der Waals surface area contributed by atoms with Crippen molar-refractivity contribution >= 4 is 29.3 Å². The molecule has 2 aromatic rings. The average molecular weight is 369 g/mol. The van der Waals surface area contributed by atoms with Crippen LogP contribution in [-0.4, -0.2) is 36.1 Å². The summed E-state index contributed by atoms with van der Waals surface area (Å²) in [4.78, 5) is 28.0. The molecular weight excluding hydrogens is 344 g/mol. The molecule has 1 fully saturated rings. The van der Waals surface area contributed by atoms with Gasteiger partial charge in [-0.15, -0.1) is 11.8 Å². The van der Waals surface area contributed by atoms with Gasteiger partial charge in [0.25, 0.3) is 0 Å². The van der Waals surface area contributed by atoms with Crippen LogP contribution in [0.15, 0.2) is 59.5 Å². The number of carbonyl (C=O) groups excluding carboxylic acids is 2. The molecule has 3 rings (SSSR count). The molecule has 26 heavy (non-hydrogen) atoms. The molecule has 0 radical (unpaired) electrons. The molecule has 0 atom stereocenters. The molecule has 2 aromatic carbocycles. The Labute approximate surface area is 159 Å². The van der Waals surface area contributed by atoms with Gasteiger partial charge in [0.1, 0.15) is 0 Å². The normalized spacial score (nSPS) is 14.9. The minimum Gasteiger partial charge on any atom is -0.342 e. The second kappa shape index (κ2) is 8.90. The lowest BCUT2D eigenvalue weighted by atomic mass is 9.95. The average Bonchev–Trinajstić information content (AvgIpc) is 2.69. The van der Waals surface area contributed by atoms with Crippen LogP contribution in [0.2, 0.25) is 0 Å². The molecule has 2 amide bonds. The summed E-state index contributed by atoms with van der Waals surface area (Å²) >= 11 is 1.65. The summed E-state index contributed by atoms with van der Waals surface area (Å²) in [6.45, 7) is 1.29. The minimum absolute atomic E-state index is 0.0336. The Balaban J connectivity index is 1.49. The number of thioether (sulfide) groups is 1. The van der Waals surface area contributed by atoms with Crippen molar-refractivity contribution in [1.29, 1.82) is 0 Å². The third kappa shape index (κ3) is 4.88. The molecule has 1 aliphatic heterocycles. The first-order valence-electron chi connectivity index (χ1n) is 8.92. The molecule has 1 saturated heterocycles. The fourth-order valence-corrected chi connectivity index (χ4v) is 3.68. The Morgan fingerprint density at radius 2 is 1.81 bits per heavy atom. The highest BCUT2D eigenvalue weighted by molar-refractivity contribution is 7.98. The summed E-state index contributed by atoms with van der Waals surface area (Å²) in [7, 11) is 0. The van der Waals surface area contributed by atoms with Gasteiger partial charge in [-0.25, -0.2) is 0 Å². The lowest BCUT2D eigenvalue weighted by molar-refractivity contribution is -0.133. The summed E-state index contributed by atoms with van der Waals surface area (Å²) < 4.78 is 0. The Kier molecular flexibility index (Phi) is 6.34. The van der Waals surface area contributed by atoms with Crippen LogP contribution in [0.1, 0.15) is 18.4 Å². The predicted molar refractivity (Wildman–Crippen MR) is 106 cm³/mol.